The largest absolute Gasteiger partial charge is 0.330 e. The van der Waals surface area contributed by atoms with Gasteiger partial charge in [-0.05, 0) is 24.3 Å². The predicted octanol–water partition coefficient (Wildman–Crippen LogP) is 0.767. The maximum Gasteiger partial charge on any atom is 0.330 e. The van der Waals surface area contributed by atoms with Crippen LogP contribution in [0.3, 0.4) is 0 Å². The molecule has 1 aliphatic heterocycles. The Kier molecular flexibility index (Phi) is 3.62. The first-order chi connectivity index (χ1) is 9.74. The molecular weight excluding hydrogens is 276 g/mol. The van der Waals surface area contributed by atoms with Crippen LogP contribution in [0.2, 0.25) is 0 Å². The molecule has 6 nitrogen and oxygen atoms in total. The summed E-state index contributed by atoms with van der Waals surface area (Å²) in [4.78, 5) is 26.0. The molecule has 1 aromatic heterocycles. The number of hydrogen-bond acceptors (Lipinski definition) is 4. The average Bonchev–Trinajstić information content (AvgIpc) is 3.11. The molecular formula is C13H14N4O2S. The quantitative estimate of drug-likeness (QED) is 0.780. The van der Waals surface area contributed by atoms with Crippen LogP contribution in [0.1, 0.15) is 0 Å². The van der Waals surface area contributed by atoms with Gasteiger partial charge in [-0.1, -0.05) is 0 Å². The molecule has 1 unspecified atom stereocenters. The van der Waals surface area contributed by atoms with Gasteiger partial charge >= 0.3 is 5.69 Å². The van der Waals surface area contributed by atoms with E-state index in [4.69, 9.17) is 0 Å². The minimum Gasteiger partial charge on any atom is -0.325 e. The van der Waals surface area contributed by atoms with Crippen molar-refractivity contribution in [2.75, 3.05) is 16.9 Å². The molecule has 3 N–H and O–H groups in total. The number of carbonyl (C=O) groups excluding carboxylic acids is 1. The van der Waals surface area contributed by atoms with Crippen molar-refractivity contribution in [2.24, 2.45) is 0 Å². The Morgan fingerprint density at radius 1 is 1.35 bits per heavy atom. The highest BCUT2D eigenvalue weighted by Gasteiger charge is 2.22. The van der Waals surface area contributed by atoms with Gasteiger partial charge in [0.1, 0.15) is 0 Å². The summed E-state index contributed by atoms with van der Waals surface area (Å²) in [5, 5.41) is 5.98. The maximum absolute atomic E-state index is 11.9. The van der Waals surface area contributed by atoms with Crippen molar-refractivity contribution < 1.29 is 4.79 Å². The van der Waals surface area contributed by atoms with Gasteiger partial charge in [0.05, 0.1) is 11.7 Å². The van der Waals surface area contributed by atoms with Gasteiger partial charge in [0.2, 0.25) is 5.91 Å². The third-order valence-electron chi connectivity index (χ3n) is 3.10. The minimum absolute atomic E-state index is 0.0263. The lowest BCUT2D eigenvalue weighted by Crippen LogP contribution is -2.37. The van der Waals surface area contributed by atoms with Gasteiger partial charge in [-0.15, -0.1) is 11.8 Å². The number of aromatic nitrogens is 2. The molecule has 1 fully saturated rings. The zero-order valence-corrected chi connectivity index (χ0v) is 11.4. The van der Waals surface area contributed by atoms with Crippen molar-refractivity contribution in [3.8, 4) is 5.69 Å². The Labute approximate surface area is 119 Å². The van der Waals surface area contributed by atoms with Gasteiger partial charge in [-0.2, -0.15) is 0 Å². The lowest BCUT2D eigenvalue weighted by molar-refractivity contribution is -0.117. The smallest absolute Gasteiger partial charge is 0.325 e. The summed E-state index contributed by atoms with van der Waals surface area (Å²) in [6.07, 6.45) is 3.25. The van der Waals surface area contributed by atoms with Crippen molar-refractivity contribution in [1.82, 2.24) is 14.9 Å². The zero-order chi connectivity index (χ0) is 13.9. The molecule has 20 heavy (non-hydrogen) atoms. The number of nitrogens with zero attached hydrogens (tertiary/aromatic N) is 1. The van der Waals surface area contributed by atoms with Crippen molar-refractivity contribution in [3.63, 3.8) is 0 Å². The van der Waals surface area contributed by atoms with Gasteiger partial charge in [-0.3, -0.25) is 14.7 Å². The zero-order valence-electron chi connectivity index (χ0n) is 10.6. The number of nitrogens with one attached hydrogen (secondary N) is 3. The molecule has 2 heterocycles. The van der Waals surface area contributed by atoms with Crippen LogP contribution in [0, 0.1) is 0 Å². The van der Waals surface area contributed by atoms with Crippen LogP contribution in [-0.2, 0) is 4.79 Å². The van der Waals surface area contributed by atoms with Gasteiger partial charge in [0.15, 0.2) is 0 Å². The second-order valence-corrected chi connectivity index (χ2v) is 5.47. The highest BCUT2D eigenvalue weighted by Crippen LogP contribution is 2.15. The molecule has 3 rings (SSSR count). The molecule has 0 aliphatic carbocycles. The molecule has 1 aromatic carbocycles. The highest BCUT2D eigenvalue weighted by molar-refractivity contribution is 7.99. The maximum atomic E-state index is 11.9. The summed E-state index contributed by atoms with van der Waals surface area (Å²) >= 11 is 1.71. The summed E-state index contributed by atoms with van der Waals surface area (Å²) in [5.41, 5.74) is 1.29. The highest BCUT2D eigenvalue weighted by atomic mass is 32.2. The monoisotopic (exact) mass is 290 g/mol. The number of benzene rings is 1. The number of H-pyrrole nitrogens is 1. The minimum atomic E-state index is -0.186. The van der Waals surface area contributed by atoms with E-state index in [1.165, 1.54) is 4.57 Å². The van der Waals surface area contributed by atoms with E-state index >= 15 is 0 Å². The van der Waals surface area contributed by atoms with E-state index in [0.717, 1.165) is 23.0 Å². The van der Waals surface area contributed by atoms with Crippen LogP contribution < -0.4 is 16.3 Å². The van der Waals surface area contributed by atoms with Crippen LogP contribution in [0.4, 0.5) is 5.69 Å². The van der Waals surface area contributed by atoms with E-state index in [9.17, 15) is 9.59 Å². The number of imidazole rings is 1. The number of thioether (sulfide) groups is 1. The standard InChI is InChI=1S/C13H14N4O2S/c18-12(11-7-20-8-15-11)16-9-1-3-10(4-2-9)17-6-5-14-13(17)19/h1-6,11,15H,7-8H2,(H,14,19)(H,16,18). The number of aromatic amines is 1. The first-order valence-corrected chi connectivity index (χ1v) is 7.38. The van der Waals surface area contributed by atoms with Crippen molar-refractivity contribution >= 4 is 23.4 Å². The fraction of sp³-hybridized carbons (Fsp3) is 0.231. The number of rotatable bonds is 3. The lowest BCUT2D eigenvalue weighted by Gasteiger charge is -2.11. The molecule has 7 heteroatoms. The summed E-state index contributed by atoms with van der Waals surface area (Å²) in [6, 6.07) is 7.03. The van der Waals surface area contributed by atoms with Crippen molar-refractivity contribution in [2.45, 2.75) is 6.04 Å². The molecule has 1 atom stereocenters. The van der Waals surface area contributed by atoms with E-state index < -0.39 is 0 Å². The second-order valence-electron chi connectivity index (χ2n) is 4.44. The summed E-state index contributed by atoms with van der Waals surface area (Å²) in [6.45, 7) is 0. The van der Waals surface area contributed by atoms with Crippen LogP contribution in [0.15, 0.2) is 41.5 Å². The molecule has 2 aromatic rings. The summed E-state index contributed by atoms with van der Waals surface area (Å²) in [7, 11) is 0. The van der Waals surface area contributed by atoms with Gasteiger partial charge in [0, 0.05) is 29.7 Å². The van der Waals surface area contributed by atoms with Crippen LogP contribution in [0.5, 0.6) is 0 Å². The Bertz CT molecular complexity index is 656. The number of carbonyl (C=O) groups is 1. The average molecular weight is 290 g/mol. The number of amides is 1. The van der Waals surface area contributed by atoms with E-state index in [1.807, 2.05) is 0 Å². The van der Waals surface area contributed by atoms with E-state index in [2.05, 4.69) is 15.6 Å². The SMILES string of the molecule is O=C(Nc1ccc(-n2cc[nH]c2=O)cc1)C1CSCN1. The lowest BCUT2D eigenvalue weighted by atomic mass is 10.2. The summed E-state index contributed by atoms with van der Waals surface area (Å²) < 4.78 is 1.50. The fourth-order valence-corrected chi connectivity index (χ4v) is 2.96. The molecule has 1 saturated heterocycles. The fourth-order valence-electron chi connectivity index (χ4n) is 2.02. The predicted molar refractivity (Wildman–Crippen MR) is 79.3 cm³/mol. The Morgan fingerprint density at radius 2 is 2.15 bits per heavy atom. The second kappa shape index (κ2) is 5.56. The Hall–Kier alpha value is -1.99. The summed E-state index contributed by atoms with van der Waals surface area (Å²) in [5.74, 6) is 1.58. The van der Waals surface area contributed by atoms with Crippen molar-refractivity contribution in [3.05, 3.63) is 47.1 Å². The van der Waals surface area contributed by atoms with E-state index in [-0.39, 0.29) is 17.6 Å². The Morgan fingerprint density at radius 3 is 2.75 bits per heavy atom. The molecule has 104 valence electrons. The van der Waals surface area contributed by atoms with Gasteiger partial charge < -0.3 is 10.3 Å². The molecule has 0 bridgehead atoms. The topological polar surface area (TPSA) is 78.9 Å². The first kappa shape index (κ1) is 13.0. The molecule has 0 saturated carbocycles. The van der Waals surface area contributed by atoms with Gasteiger partial charge in [-0.25, -0.2) is 4.79 Å². The van der Waals surface area contributed by atoms with Gasteiger partial charge in [0.25, 0.3) is 0 Å². The van der Waals surface area contributed by atoms with E-state index in [0.29, 0.717) is 0 Å². The molecule has 1 amide bonds. The number of hydrogen-bond donors (Lipinski definition) is 3. The Balaban J connectivity index is 1.71. The molecule has 0 spiro atoms. The third-order valence-corrected chi connectivity index (χ3v) is 4.03. The van der Waals surface area contributed by atoms with Crippen LogP contribution in [-0.4, -0.2) is 33.1 Å². The molecule has 0 radical (unpaired) electrons. The van der Waals surface area contributed by atoms with Crippen molar-refractivity contribution in [1.29, 1.82) is 0 Å². The van der Waals surface area contributed by atoms with E-state index in [1.54, 1.807) is 48.4 Å². The normalized spacial score (nSPS) is 18.1. The molecule has 1 aliphatic rings. The third kappa shape index (κ3) is 2.63. The van der Waals surface area contributed by atoms with Crippen LogP contribution in [0.25, 0.3) is 5.69 Å². The first-order valence-electron chi connectivity index (χ1n) is 6.22. The van der Waals surface area contributed by atoms with Crippen LogP contribution >= 0.6 is 11.8 Å². The number of anilines is 1.